The molecular weight excluding hydrogens is 392 g/mol. The average Bonchev–Trinajstić information content (AvgIpc) is 3.29. The first-order chi connectivity index (χ1) is 13.5. The maximum Gasteiger partial charge on any atom is 0.234 e. The van der Waals surface area contributed by atoms with E-state index in [1.54, 1.807) is 11.3 Å². The van der Waals surface area contributed by atoms with E-state index in [1.165, 1.54) is 16.6 Å². The second kappa shape index (κ2) is 9.25. The molecule has 6 nitrogen and oxygen atoms in total. The highest BCUT2D eigenvalue weighted by atomic mass is 32.2. The van der Waals surface area contributed by atoms with Crippen molar-refractivity contribution >= 4 is 34.7 Å². The highest BCUT2D eigenvalue weighted by molar-refractivity contribution is 7.99. The van der Waals surface area contributed by atoms with Crippen molar-refractivity contribution in [2.24, 2.45) is 7.05 Å². The third-order valence-corrected chi connectivity index (χ3v) is 6.32. The summed E-state index contributed by atoms with van der Waals surface area (Å²) in [5.41, 5.74) is 1.81. The van der Waals surface area contributed by atoms with Crippen LogP contribution in [0.15, 0.2) is 40.9 Å². The molecule has 0 radical (unpaired) electrons. The van der Waals surface area contributed by atoms with Gasteiger partial charge in [0.2, 0.25) is 5.91 Å². The van der Waals surface area contributed by atoms with Crippen LogP contribution in [0.25, 0.3) is 11.4 Å². The molecule has 0 fully saturated rings. The minimum atomic E-state index is -0.0867. The summed E-state index contributed by atoms with van der Waals surface area (Å²) < 4.78 is 7.34. The highest BCUT2D eigenvalue weighted by Crippen LogP contribution is 2.30. The van der Waals surface area contributed by atoms with Crippen LogP contribution in [0.1, 0.15) is 31.6 Å². The lowest BCUT2D eigenvalue weighted by Gasteiger charge is -2.07. The second-order valence-electron chi connectivity index (χ2n) is 6.55. The molecule has 0 saturated carbocycles. The lowest BCUT2D eigenvalue weighted by atomic mass is 10.1. The monoisotopic (exact) mass is 416 g/mol. The van der Waals surface area contributed by atoms with E-state index in [-0.39, 0.29) is 11.7 Å². The topological polar surface area (TPSA) is 69.0 Å². The van der Waals surface area contributed by atoms with Crippen LogP contribution in [0.4, 0.5) is 5.69 Å². The Hall–Kier alpha value is -2.32. The fraction of sp³-hybridized carbons (Fsp3) is 0.350. The zero-order valence-corrected chi connectivity index (χ0v) is 18.1. The summed E-state index contributed by atoms with van der Waals surface area (Å²) in [5.74, 6) is 2.27. The third-order valence-electron chi connectivity index (χ3n) is 4.06. The minimum Gasteiger partial charge on any atom is -0.494 e. The number of ether oxygens (including phenoxy) is 1. The number of hydrogen-bond donors (Lipinski definition) is 1. The largest absolute Gasteiger partial charge is 0.494 e. The molecule has 0 aliphatic heterocycles. The second-order valence-corrected chi connectivity index (χ2v) is 8.44. The van der Waals surface area contributed by atoms with Gasteiger partial charge in [0.1, 0.15) is 5.75 Å². The van der Waals surface area contributed by atoms with Crippen LogP contribution in [0.2, 0.25) is 0 Å². The minimum absolute atomic E-state index is 0.0867. The van der Waals surface area contributed by atoms with Crippen molar-refractivity contribution in [3.63, 3.8) is 0 Å². The quantitative estimate of drug-likeness (QED) is 0.534. The van der Waals surface area contributed by atoms with Crippen LogP contribution in [0.5, 0.6) is 5.75 Å². The van der Waals surface area contributed by atoms with Crippen LogP contribution in [0.3, 0.4) is 0 Å². The van der Waals surface area contributed by atoms with Crippen LogP contribution in [-0.2, 0) is 11.8 Å². The lowest BCUT2D eigenvalue weighted by Crippen LogP contribution is -2.14. The summed E-state index contributed by atoms with van der Waals surface area (Å²) in [5, 5.41) is 14.2. The van der Waals surface area contributed by atoms with E-state index in [2.05, 4.69) is 40.8 Å². The summed E-state index contributed by atoms with van der Waals surface area (Å²) in [6.45, 7) is 6.91. The standard InChI is InChI=1S/C20H24N4O2S2/c1-5-26-16-8-6-15(7-9-16)21-18(25)12-28-20-23-22-19(24(20)4)14-10-17(13(2)3)27-11-14/h6-11,13H,5,12H2,1-4H3,(H,21,25). The van der Waals surface area contributed by atoms with Gasteiger partial charge in [-0.3, -0.25) is 4.79 Å². The number of thioether (sulfide) groups is 1. The average molecular weight is 417 g/mol. The van der Waals surface area contributed by atoms with Gasteiger partial charge in [0.25, 0.3) is 0 Å². The van der Waals surface area contributed by atoms with Crippen LogP contribution in [0, 0.1) is 0 Å². The van der Waals surface area contributed by atoms with Crippen molar-refractivity contribution in [1.82, 2.24) is 14.8 Å². The van der Waals surface area contributed by atoms with Crippen molar-refractivity contribution in [3.05, 3.63) is 40.6 Å². The third kappa shape index (κ3) is 4.94. The van der Waals surface area contributed by atoms with E-state index in [4.69, 9.17) is 4.74 Å². The van der Waals surface area contributed by atoms with Crippen molar-refractivity contribution in [2.45, 2.75) is 31.8 Å². The zero-order valence-electron chi connectivity index (χ0n) is 16.4. The number of benzene rings is 1. The smallest absolute Gasteiger partial charge is 0.234 e. The molecule has 1 N–H and O–H groups in total. The number of nitrogens with one attached hydrogen (secondary N) is 1. The van der Waals surface area contributed by atoms with E-state index >= 15 is 0 Å². The highest BCUT2D eigenvalue weighted by Gasteiger charge is 2.15. The molecule has 1 aromatic carbocycles. The Balaban J connectivity index is 1.58. The molecule has 2 heterocycles. The molecule has 0 aliphatic carbocycles. The van der Waals surface area contributed by atoms with Gasteiger partial charge in [0, 0.05) is 28.6 Å². The number of anilines is 1. The Morgan fingerprint density at radius 2 is 2.04 bits per heavy atom. The van der Waals surface area contributed by atoms with Crippen LogP contribution in [-0.4, -0.2) is 33.0 Å². The van der Waals surface area contributed by atoms with E-state index in [9.17, 15) is 4.79 Å². The van der Waals surface area contributed by atoms with E-state index in [0.29, 0.717) is 17.7 Å². The maximum atomic E-state index is 12.2. The van der Waals surface area contributed by atoms with Gasteiger partial charge in [0.05, 0.1) is 12.4 Å². The van der Waals surface area contributed by atoms with E-state index in [0.717, 1.165) is 22.8 Å². The predicted octanol–water partition coefficient (Wildman–Crippen LogP) is 4.80. The van der Waals surface area contributed by atoms with Gasteiger partial charge in [-0.25, -0.2) is 0 Å². The molecule has 3 aromatic rings. The number of thiophene rings is 1. The van der Waals surface area contributed by atoms with Crippen LogP contribution < -0.4 is 10.1 Å². The molecule has 28 heavy (non-hydrogen) atoms. The molecule has 3 rings (SSSR count). The Bertz CT molecular complexity index is 932. The molecule has 0 atom stereocenters. The number of nitrogens with zero attached hydrogens (tertiary/aromatic N) is 3. The molecule has 0 unspecified atom stereocenters. The summed E-state index contributed by atoms with van der Waals surface area (Å²) in [6.07, 6.45) is 0. The predicted molar refractivity (Wildman–Crippen MR) is 115 cm³/mol. The normalized spacial score (nSPS) is 11.0. The molecule has 0 saturated heterocycles. The summed E-state index contributed by atoms with van der Waals surface area (Å²) in [7, 11) is 1.93. The number of hydrogen-bond acceptors (Lipinski definition) is 6. The summed E-state index contributed by atoms with van der Waals surface area (Å²) in [4.78, 5) is 13.6. The number of carbonyl (C=O) groups is 1. The maximum absolute atomic E-state index is 12.2. The first kappa shape index (κ1) is 20.4. The first-order valence-electron chi connectivity index (χ1n) is 9.11. The van der Waals surface area contributed by atoms with Gasteiger partial charge in [-0.15, -0.1) is 21.5 Å². The van der Waals surface area contributed by atoms with Crippen molar-refractivity contribution in [3.8, 4) is 17.1 Å². The summed E-state index contributed by atoms with van der Waals surface area (Å²) >= 11 is 3.10. The SMILES string of the molecule is CCOc1ccc(NC(=O)CSc2nnc(-c3csc(C(C)C)c3)n2C)cc1. The van der Waals surface area contributed by atoms with Gasteiger partial charge in [-0.05, 0) is 43.2 Å². The van der Waals surface area contributed by atoms with Gasteiger partial charge in [0.15, 0.2) is 11.0 Å². The van der Waals surface area contributed by atoms with E-state index in [1.807, 2.05) is 42.8 Å². The number of aromatic nitrogens is 3. The fourth-order valence-corrected chi connectivity index (χ4v) is 4.21. The van der Waals surface area contributed by atoms with Gasteiger partial charge >= 0.3 is 0 Å². The molecule has 1 amide bonds. The molecule has 0 spiro atoms. The van der Waals surface area contributed by atoms with Crippen molar-refractivity contribution < 1.29 is 9.53 Å². The van der Waals surface area contributed by atoms with E-state index < -0.39 is 0 Å². The molecule has 0 bridgehead atoms. The fourth-order valence-electron chi connectivity index (χ4n) is 2.59. The summed E-state index contributed by atoms with van der Waals surface area (Å²) in [6, 6.07) is 9.50. The molecule has 8 heteroatoms. The first-order valence-corrected chi connectivity index (χ1v) is 11.0. The Morgan fingerprint density at radius 3 is 2.68 bits per heavy atom. The zero-order chi connectivity index (χ0) is 20.1. The molecule has 148 valence electrons. The van der Waals surface area contributed by atoms with Crippen molar-refractivity contribution in [1.29, 1.82) is 0 Å². The lowest BCUT2D eigenvalue weighted by molar-refractivity contribution is -0.113. The van der Waals surface area contributed by atoms with Gasteiger partial charge < -0.3 is 14.6 Å². The van der Waals surface area contributed by atoms with Gasteiger partial charge in [-0.2, -0.15) is 0 Å². The number of rotatable bonds is 8. The Morgan fingerprint density at radius 1 is 1.29 bits per heavy atom. The molecular formula is C20H24N4O2S2. The Labute approximate surface area is 173 Å². The molecule has 0 aliphatic rings. The Kier molecular flexibility index (Phi) is 6.74. The number of carbonyl (C=O) groups excluding carboxylic acids is 1. The van der Waals surface area contributed by atoms with Gasteiger partial charge in [-0.1, -0.05) is 25.6 Å². The molecule has 2 aromatic heterocycles. The van der Waals surface area contributed by atoms with Crippen molar-refractivity contribution in [2.75, 3.05) is 17.7 Å². The number of amides is 1. The van der Waals surface area contributed by atoms with Crippen LogP contribution >= 0.6 is 23.1 Å².